The van der Waals surface area contributed by atoms with Crippen LogP contribution in [-0.4, -0.2) is 35.3 Å². The van der Waals surface area contributed by atoms with Crippen LogP contribution in [0.1, 0.15) is 37.9 Å². The number of carbonyl (C=O) groups excluding carboxylic acids is 3. The number of ether oxygens (including phenoxy) is 1. The second kappa shape index (κ2) is 11.3. The lowest BCUT2D eigenvalue weighted by Crippen LogP contribution is -2.51. The van der Waals surface area contributed by atoms with Gasteiger partial charge >= 0.3 is 11.8 Å². The Hall–Kier alpha value is -4.13. The molecule has 0 saturated heterocycles. The monoisotopic (exact) mass is 473 g/mol. The van der Waals surface area contributed by atoms with Gasteiger partial charge in [-0.1, -0.05) is 66.7 Å². The lowest BCUT2D eigenvalue weighted by Gasteiger charge is -2.33. The number of hydrogen-bond donors (Lipinski definition) is 2. The van der Waals surface area contributed by atoms with Gasteiger partial charge < -0.3 is 20.3 Å². The first-order valence-electron chi connectivity index (χ1n) is 11.4. The number of rotatable bonds is 7. The molecule has 0 aliphatic heterocycles. The highest BCUT2D eigenvalue weighted by molar-refractivity contribution is 6.39. The van der Waals surface area contributed by atoms with E-state index in [9.17, 15) is 14.4 Å². The summed E-state index contributed by atoms with van der Waals surface area (Å²) >= 11 is 0. The molecule has 2 N–H and O–H groups in total. The Kier molecular flexibility index (Phi) is 8.25. The molecule has 182 valence electrons. The van der Waals surface area contributed by atoms with Gasteiger partial charge in [0.15, 0.2) is 0 Å². The zero-order chi connectivity index (χ0) is 25.4. The van der Waals surface area contributed by atoms with Gasteiger partial charge in [0.1, 0.15) is 11.8 Å². The molecule has 3 aromatic carbocycles. The van der Waals surface area contributed by atoms with Crippen molar-refractivity contribution in [1.82, 2.24) is 10.2 Å². The van der Waals surface area contributed by atoms with E-state index in [0.717, 1.165) is 0 Å². The molecule has 0 fully saturated rings. The molecule has 0 spiro atoms. The molecular weight excluding hydrogens is 442 g/mol. The minimum Gasteiger partial charge on any atom is -0.496 e. The fourth-order valence-corrected chi connectivity index (χ4v) is 3.68. The summed E-state index contributed by atoms with van der Waals surface area (Å²) in [5.74, 6) is -1.51. The van der Waals surface area contributed by atoms with E-state index in [2.05, 4.69) is 10.6 Å². The molecule has 0 saturated carbocycles. The van der Waals surface area contributed by atoms with Crippen molar-refractivity contribution in [2.45, 2.75) is 38.9 Å². The minimum absolute atomic E-state index is 0.0117. The van der Waals surface area contributed by atoms with E-state index >= 15 is 0 Å². The van der Waals surface area contributed by atoms with Crippen molar-refractivity contribution in [2.24, 2.45) is 0 Å². The van der Waals surface area contributed by atoms with Gasteiger partial charge in [0, 0.05) is 16.8 Å². The van der Waals surface area contributed by atoms with Gasteiger partial charge in [0.05, 0.1) is 13.7 Å². The average molecular weight is 474 g/mol. The third kappa shape index (κ3) is 6.93. The molecule has 3 amide bonds. The molecule has 1 atom stereocenters. The first kappa shape index (κ1) is 25.5. The summed E-state index contributed by atoms with van der Waals surface area (Å²) in [6, 6.07) is 23.8. The molecule has 3 rings (SSSR count). The van der Waals surface area contributed by atoms with Crippen LogP contribution in [0.4, 0.5) is 5.69 Å². The average Bonchev–Trinajstić information content (AvgIpc) is 2.83. The Bertz CT molecular complexity index is 1160. The Morgan fingerprint density at radius 1 is 0.857 bits per heavy atom. The highest BCUT2D eigenvalue weighted by Gasteiger charge is 2.36. The van der Waals surface area contributed by atoms with Crippen molar-refractivity contribution in [3.05, 3.63) is 96.1 Å². The van der Waals surface area contributed by atoms with Gasteiger partial charge in [-0.3, -0.25) is 14.4 Å². The van der Waals surface area contributed by atoms with Gasteiger partial charge in [-0.25, -0.2) is 0 Å². The van der Waals surface area contributed by atoms with Crippen molar-refractivity contribution in [1.29, 1.82) is 0 Å². The van der Waals surface area contributed by atoms with Gasteiger partial charge in [0.25, 0.3) is 0 Å². The predicted molar refractivity (Wildman–Crippen MR) is 136 cm³/mol. The van der Waals surface area contributed by atoms with Crippen LogP contribution in [0.25, 0.3) is 0 Å². The van der Waals surface area contributed by atoms with Crippen LogP contribution in [0.3, 0.4) is 0 Å². The van der Waals surface area contributed by atoms with Crippen LogP contribution in [0.5, 0.6) is 5.75 Å². The number of nitrogens with one attached hydrogen (secondary N) is 2. The first-order chi connectivity index (χ1) is 16.7. The van der Waals surface area contributed by atoms with E-state index in [1.807, 2.05) is 45.0 Å². The second-order valence-electron chi connectivity index (χ2n) is 9.12. The van der Waals surface area contributed by atoms with Crippen LogP contribution in [0.2, 0.25) is 0 Å². The van der Waals surface area contributed by atoms with Crippen LogP contribution in [0.15, 0.2) is 84.9 Å². The Morgan fingerprint density at radius 3 is 2.03 bits per heavy atom. The molecular formula is C28H31N3O4. The number of anilines is 1. The summed E-state index contributed by atoms with van der Waals surface area (Å²) < 4.78 is 5.47. The van der Waals surface area contributed by atoms with Gasteiger partial charge in [0.2, 0.25) is 5.91 Å². The quantitative estimate of drug-likeness (QED) is 0.501. The fourth-order valence-electron chi connectivity index (χ4n) is 3.68. The van der Waals surface area contributed by atoms with E-state index in [4.69, 9.17) is 4.74 Å². The van der Waals surface area contributed by atoms with Crippen LogP contribution in [0, 0.1) is 0 Å². The number of carbonyl (C=O) groups is 3. The van der Waals surface area contributed by atoms with E-state index < -0.39 is 23.4 Å². The molecule has 7 nitrogen and oxygen atoms in total. The summed E-state index contributed by atoms with van der Waals surface area (Å²) in [5, 5.41) is 5.60. The molecule has 0 radical (unpaired) electrons. The largest absolute Gasteiger partial charge is 0.496 e. The van der Waals surface area contributed by atoms with Crippen molar-refractivity contribution < 1.29 is 19.1 Å². The maximum Gasteiger partial charge on any atom is 0.313 e. The second-order valence-corrected chi connectivity index (χ2v) is 9.12. The Labute approximate surface area is 206 Å². The van der Waals surface area contributed by atoms with Crippen LogP contribution >= 0.6 is 0 Å². The van der Waals surface area contributed by atoms with E-state index in [1.165, 1.54) is 12.0 Å². The van der Waals surface area contributed by atoms with Crippen LogP contribution < -0.4 is 15.4 Å². The summed E-state index contributed by atoms with van der Waals surface area (Å²) in [4.78, 5) is 41.6. The minimum atomic E-state index is -1.05. The Morgan fingerprint density at radius 2 is 1.43 bits per heavy atom. The molecule has 3 aromatic rings. The summed E-state index contributed by atoms with van der Waals surface area (Å²) in [7, 11) is 1.54. The van der Waals surface area contributed by atoms with Crippen molar-refractivity contribution >= 4 is 23.4 Å². The highest BCUT2D eigenvalue weighted by Crippen LogP contribution is 2.28. The lowest BCUT2D eigenvalue weighted by molar-refractivity contribution is -0.148. The zero-order valence-electron chi connectivity index (χ0n) is 20.4. The molecule has 0 aliphatic rings. The lowest BCUT2D eigenvalue weighted by atomic mass is 10.0. The standard InChI is InChI=1S/C28H31N3O4/c1-28(2,3)30-25(32)24(20-13-7-5-8-14-20)31(19-21-15-11-12-18-23(21)35-4)27(34)26(33)29-22-16-9-6-10-17-22/h5-18,24H,19H2,1-4H3,(H,29,33)(H,30,32)/t24-/m0/s1. The number of benzene rings is 3. The molecule has 0 bridgehead atoms. The van der Waals surface area contributed by atoms with Crippen molar-refractivity contribution in [3.8, 4) is 5.75 Å². The van der Waals surface area contributed by atoms with E-state index in [0.29, 0.717) is 22.6 Å². The maximum absolute atomic E-state index is 13.6. The molecule has 0 unspecified atom stereocenters. The smallest absolute Gasteiger partial charge is 0.313 e. The number of nitrogens with zero attached hydrogens (tertiary/aromatic N) is 1. The number of amides is 3. The highest BCUT2D eigenvalue weighted by atomic mass is 16.5. The summed E-state index contributed by atoms with van der Waals surface area (Å²) in [6.45, 7) is 5.58. The molecule has 0 aliphatic carbocycles. The van der Waals surface area contributed by atoms with E-state index in [-0.39, 0.29) is 12.5 Å². The number of methoxy groups -OCH3 is 1. The topological polar surface area (TPSA) is 87.7 Å². The summed E-state index contributed by atoms with van der Waals surface area (Å²) in [6.07, 6.45) is 0. The summed E-state index contributed by atoms with van der Waals surface area (Å²) in [5.41, 5.74) is 1.19. The predicted octanol–water partition coefficient (Wildman–Crippen LogP) is 4.32. The van der Waals surface area contributed by atoms with E-state index in [1.54, 1.807) is 60.7 Å². The van der Waals surface area contributed by atoms with Gasteiger partial charge in [-0.15, -0.1) is 0 Å². The van der Waals surface area contributed by atoms with Crippen molar-refractivity contribution in [2.75, 3.05) is 12.4 Å². The maximum atomic E-state index is 13.6. The van der Waals surface area contributed by atoms with Crippen LogP contribution in [-0.2, 0) is 20.9 Å². The molecule has 35 heavy (non-hydrogen) atoms. The number of hydrogen-bond acceptors (Lipinski definition) is 4. The normalized spacial score (nSPS) is 11.8. The Balaban J connectivity index is 2.06. The SMILES string of the molecule is COc1ccccc1CN(C(=O)C(=O)Nc1ccccc1)[C@H](C(=O)NC(C)(C)C)c1ccccc1. The first-order valence-corrected chi connectivity index (χ1v) is 11.4. The molecule has 7 heteroatoms. The third-order valence-electron chi connectivity index (χ3n) is 5.19. The fraction of sp³-hybridized carbons (Fsp3) is 0.250. The molecule has 0 heterocycles. The van der Waals surface area contributed by atoms with Gasteiger partial charge in [-0.2, -0.15) is 0 Å². The molecule has 0 aromatic heterocycles. The van der Waals surface area contributed by atoms with Gasteiger partial charge in [-0.05, 0) is 44.5 Å². The third-order valence-corrected chi connectivity index (χ3v) is 5.19. The van der Waals surface area contributed by atoms with Crippen molar-refractivity contribution in [3.63, 3.8) is 0 Å². The zero-order valence-corrected chi connectivity index (χ0v) is 20.4. The number of para-hydroxylation sites is 2.